The van der Waals surface area contributed by atoms with Crippen molar-refractivity contribution >= 4 is 27.5 Å². The number of aromatic nitrogens is 1. The molecule has 0 saturated carbocycles. The van der Waals surface area contributed by atoms with Gasteiger partial charge in [-0.1, -0.05) is 50.7 Å². The van der Waals surface area contributed by atoms with Crippen molar-refractivity contribution in [1.29, 1.82) is 0 Å². The summed E-state index contributed by atoms with van der Waals surface area (Å²) >= 11 is 1.58. The number of thiazole rings is 1. The Morgan fingerprint density at radius 1 is 1.11 bits per heavy atom. The van der Waals surface area contributed by atoms with Crippen LogP contribution in [0.3, 0.4) is 0 Å². The van der Waals surface area contributed by atoms with E-state index in [0.717, 1.165) is 48.3 Å². The molecule has 0 saturated heterocycles. The summed E-state index contributed by atoms with van der Waals surface area (Å²) in [6.07, 6.45) is 4.07. The van der Waals surface area contributed by atoms with Gasteiger partial charge in [0, 0.05) is 12.1 Å². The van der Waals surface area contributed by atoms with Crippen molar-refractivity contribution in [2.75, 3.05) is 6.61 Å². The molecule has 3 rings (SSSR count). The summed E-state index contributed by atoms with van der Waals surface area (Å²) < 4.78 is 9.06. The first kappa shape index (κ1) is 20.3. The number of amides is 1. The van der Waals surface area contributed by atoms with E-state index in [1.807, 2.05) is 12.1 Å². The van der Waals surface area contributed by atoms with E-state index in [1.54, 1.807) is 23.5 Å². The van der Waals surface area contributed by atoms with Crippen molar-refractivity contribution in [1.82, 2.24) is 4.57 Å². The van der Waals surface area contributed by atoms with E-state index in [4.69, 9.17) is 4.74 Å². The fraction of sp³-hybridized carbons (Fsp3) is 0.391. The van der Waals surface area contributed by atoms with Crippen LogP contribution in [0.4, 0.5) is 0 Å². The highest BCUT2D eigenvalue weighted by atomic mass is 32.1. The zero-order valence-electron chi connectivity index (χ0n) is 16.9. The highest BCUT2D eigenvalue weighted by Gasteiger charge is 2.10. The van der Waals surface area contributed by atoms with Gasteiger partial charge in [0.25, 0.3) is 5.91 Å². The number of hydrogen-bond acceptors (Lipinski definition) is 3. The predicted molar refractivity (Wildman–Crippen MR) is 116 cm³/mol. The van der Waals surface area contributed by atoms with Crippen molar-refractivity contribution in [3.8, 4) is 5.75 Å². The fourth-order valence-corrected chi connectivity index (χ4v) is 4.19. The normalized spacial score (nSPS) is 11.9. The Hall–Kier alpha value is -2.40. The van der Waals surface area contributed by atoms with Crippen LogP contribution >= 0.6 is 11.3 Å². The minimum Gasteiger partial charge on any atom is -0.494 e. The van der Waals surface area contributed by atoms with E-state index in [9.17, 15) is 4.79 Å². The van der Waals surface area contributed by atoms with Crippen LogP contribution < -0.4 is 9.54 Å². The molecule has 2 aromatic carbocycles. The zero-order valence-corrected chi connectivity index (χ0v) is 17.7. The molecule has 5 heteroatoms. The molecule has 0 spiro atoms. The van der Waals surface area contributed by atoms with Crippen LogP contribution in [-0.2, 0) is 13.0 Å². The predicted octanol–water partition coefficient (Wildman–Crippen LogP) is 5.60. The van der Waals surface area contributed by atoms with Crippen molar-refractivity contribution in [2.24, 2.45) is 4.99 Å². The molecule has 0 radical (unpaired) electrons. The number of rotatable bonds is 8. The number of fused-ring (bicyclic) bond motifs is 1. The molecule has 0 bridgehead atoms. The first-order valence-corrected chi connectivity index (χ1v) is 10.9. The van der Waals surface area contributed by atoms with Crippen LogP contribution in [-0.4, -0.2) is 17.1 Å². The molecule has 0 aliphatic rings. The van der Waals surface area contributed by atoms with E-state index in [0.29, 0.717) is 12.2 Å². The van der Waals surface area contributed by atoms with Crippen molar-refractivity contribution in [3.63, 3.8) is 0 Å². The van der Waals surface area contributed by atoms with Crippen LogP contribution in [0, 0.1) is 0 Å². The topological polar surface area (TPSA) is 43.6 Å². The van der Waals surface area contributed by atoms with Gasteiger partial charge in [0.2, 0.25) is 0 Å². The highest BCUT2D eigenvalue weighted by Crippen LogP contribution is 2.20. The number of hydrogen-bond donors (Lipinski definition) is 0. The third kappa shape index (κ3) is 4.71. The van der Waals surface area contributed by atoms with E-state index >= 15 is 0 Å². The van der Waals surface area contributed by atoms with Gasteiger partial charge < -0.3 is 9.30 Å². The largest absolute Gasteiger partial charge is 0.494 e. The molecule has 0 N–H and O–H groups in total. The van der Waals surface area contributed by atoms with Gasteiger partial charge in [-0.05, 0) is 55.2 Å². The molecule has 0 aliphatic carbocycles. The van der Waals surface area contributed by atoms with Crippen LogP contribution in [0.25, 0.3) is 10.2 Å². The minimum absolute atomic E-state index is 0.229. The average molecular weight is 397 g/mol. The monoisotopic (exact) mass is 396 g/mol. The van der Waals surface area contributed by atoms with Gasteiger partial charge in [-0.2, -0.15) is 4.99 Å². The van der Waals surface area contributed by atoms with Crippen LogP contribution in [0.2, 0.25) is 0 Å². The Balaban J connectivity index is 1.95. The van der Waals surface area contributed by atoms with Crippen molar-refractivity contribution < 1.29 is 9.53 Å². The van der Waals surface area contributed by atoms with Gasteiger partial charge in [-0.15, -0.1) is 0 Å². The molecular formula is C23H28N2O2S. The maximum atomic E-state index is 12.8. The van der Waals surface area contributed by atoms with Gasteiger partial charge in [-0.3, -0.25) is 4.79 Å². The quantitative estimate of drug-likeness (QED) is 0.466. The maximum absolute atomic E-state index is 12.8. The van der Waals surface area contributed by atoms with E-state index < -0.39 is 0 Å². The summed E-state index contributed by atoms with van der Waals surface area (Å²) in [6, 6.07) is 13.8. The number of unbranched alkanes of at least 4 members (excludes halogenated alkanes) is 1. The van der Waals surface area contributed by atoms with Crippen LogP contribution in [0.15, 0.2) is 47.5 Å². The van der Waals surface area contributed by atoms with Gasteiger partial charge in [-0.25, -0.2) is 0 Å². The lowest BCUT2D eigenvalue weighted by atomic mass is 10.2. The summed E-state index contributed by atoms with van der Waals surface area (Å²) in [5, 5.41) is 0. The third-order valence-corrected chi connectivity index (χ3v) is 5.69. The maximum Gasteiger partial charge on any atom is 0.279 e. The Morgan fingerprint density at radius 2 is 1.96 bits per heavy atom. The van der Waals surface area contributed by atoms with Crippen molar-refractivity contribution in [3.05, 3.63) is 58.4 Å². The lowest BCUT2D eigenvalue weighted by Crippen LogP contribution is -2.16. The molecule has 0 unspecified atom stereocenters. The number of nitrogens with zero attached hydrogens (tertiary/aromatic N) is 2. The first-order valence-electron chi connectivity index (χ1n) is 10.1. The highest BCUT2D eigenvalue weighted by molar-refractivity contribution is 7.16. The molecule has 1 heterocycles. The number of carbonyl (C=O) groups is 1. The minimum atomic E-state index is -0.229. The molecule has 0 fully saturated rings. The molecule has 0 atom stereocenters. The Kier molecular flexibility index (Phi) is 7.04. The van der Waals surface area contributed by atoms with Crippen molar-refractivity contribution in [2.45, 2.75) is 53.0 Å². The lowest BCUT2D eigenvalue weighted by molar-refractivity contribution is 0.0997. The summed E-state index contributed by atoms with van der Waals surface area (Å²) in [6.45, 7) is 7.93. The smallest absolute Gasteiger partial charge is 0.279 e. The van der Waals surface area contributed by atoms with Gasteiger partial charge in [0.05, 0.1) is 16.8 Å². The summed E-state index contributed by atoms with van der Waals surface area (Å²) in [7, 11) is 0. The van der Waals surface area contributed by atoms with Gasteiger partial charge in [0.15, 0.2) is 4.80 Å². The molecular weight excluding hydrogens is 368 g/mol. The summed E-state index contributed by atoms with van der Waals surface area (Å²) in [5.41, 5.74) is 3.00. The molecule has 1 amide bonds. The Morgan fingerprint density at radius 3 is 2.71 bits per heavy atom. The van der Waals surface area contributed by atoms with Gasteiger partial charge in [0.1, 0.15) is 5.75 Å². The van der Waals surface area contributed by atoms with E-state index in [-0.39, 0.29) is 5.91 Å². The molecule has 1 aromatic heterocycles. The third-order valence-electron chi connectivity index (χ3n) is 4.65. The zero-order chi connectivity index (χ0) is 19.9. The molecule has 3 aromatic rings. The van der Waals surface area contributed by atoms with E-state index in [2.05, 4.69) is 48.5 Å². The number of ether oxygens (including phenoxy) is 1. The summed E-state index contributed by atoms with van der Waals surface area (Å²) in [5.74, 6) is 0.493. The first-order chi connectivity index (χ1) is 13.7. The fourth-order valence-electron chi connectivity index (χ4n) is 3.07. The standard InChI is InChI=1S/C23H28N2O2S/c1-4-7-14-27-19-10-8-9-18(16-19)22(26)24-23-25(13-5-2)20-12-11-17(6-3)15-21(20)28-23/h8-12,15-16H,4-7,13-14H2,1-3H3. The molecule has 0 aliphatic heterocycles. The second-order valence-corrected chi connectivity index (χ2v) is 7.85. The van der Waals surface area contributed by atoms with Gasteiger partial charge >= 0.3 is 0 Å². The van der Waals surface area contributed by atoms with Crippen LogP contribution in [0.1, 0.15) is 56.0 Å². The molecule has 4 nitrogen and oxygen atoms in total. The Bertz CT molecular complexity index is 1020. The second kappa shape index (κ2) is 9.69. The molecule has 148 valence electrons. The molecule has 28 heavy (non-hydrogen) atoms. The van der Waals surface area contributed by atoms with Crippen LogP contribution in [0.5, 0.6) is 5.75 Å². The summed E-state index contributed by atoms with van der Waals surface area (Å²) in [4.78, 5) is 18.0. The number of aryl methyl sites for hydroxylation is 2. The SMILES string of the molecule is CCCCOc1cccc(C(=O)N=c2sc3cc(CC)ccc3n2CCC)c1. The number of benzene rings is 2. The Labute approximate surface area is 170 Å². The average Bonchev–Trinajstić information content (AvgIpc) is 3.05. The second-order valence-electron chi connectivity index (χ2n) is 6.84. The van der Waals surface area contributed by atoms with E-state index in [1.165, 1.54) is 10.3 Å². The number of carbonyl (C=O) groups excluding carboxylic acids is 1. The lowest BCUT2D eigenvalue weighted by Gasteiger charge is -2.06.